The van der Waals surface area contributed by atoms with Gasteiger partial charge in [0, 0.05) is 5.92 Å². The summed E-state index contributed by atoms with van der Waals surface area (Å²) in [5.41, 5.74) is 0. The highest BCUT2D eigenvalue weighted by Crippen LogP contribution is 2.59. The average molecular weight is 370 g/mol. The third-order valence-corrected chi connectivity index (χ3v) is 6.03. The van der Waals surface area contributed by atoms with Gasteiger partial charge in [-0.1, -0.05) is 6.08 Å². The van der Waals surface area contributed by atoms with E-state index in [4.69, 9.17) is 18.2 Å². The van der Waals surface area contributed by atoms with E-state index in [9.17, 15) is 14.2 Å². The normalized spacial score (nSPS) is 21.1. The Kier molecular flexibility index (Phi) is 6.76. The van der Waals surface area contributed by atoms with Gasteiger partial charge >= 0.3 is 13.6 Å². The maximum atomic E-state index is 13.0. The number of hydrogen-bond acceptors (Lipinski definition) is 7. The lowest BCUT2D eigenvalue weighted by Crippen LogP contribution is -2.35. The van der Waals surface area contributed by atoms with Crippen molar-refractivity contribution in [3.05, 3.63) is 35.5 Å². The van der Waals surface area contributed by atoms with Crippen molar-refractivity contribution in [2.24, 2.45) is 5.92 Å². The Bertz CT molecular complexity index is 667. The molecule has 8 heteroatoms. The van der Waals surface area contributed by atoms with Crippen LogP contribution in [0, 0.1) is 5.92 Å². The average Bonchev–Trinajstić information content (AvgIpc) is 3.09. The first-order chi connectivity index (χ1) is 12.0. The number of ketones is 1. The summed E-state index contributed by atoms with van der Waals surface area (Å²) in [5.74, 6) is -2.41. The molecule has 0 aliphatic heterocycles. The van der Waals surface area contributed by atoms with Crippen LogP contribution in [-0.2, 0) is 27.9 Å². The molecule has 0 aromatic carbocycles. The molecular weight excluding hydrogens is 347 g/mol. The Morgan fingerprint density at radius 3 is 2.44 bits per heavy atom. The number of carbonyl (C=O) groups excluding carboxylic acids is 2. The topological polar surface area (TPSA) is 92.0 Å². The third-order valence-electron chi connectivity index (χ3n) is 3.84. The highest BCUT2D eigenvalue weighted by molar-refractivity contribution is 7.60. The summed E-state index contributed by atoms with van der Waals surface area (Å²) in [4.78, 5) is 25.4. The highest BCUT2D eigenvalue weighted by atomic mass is 31.2. The van der Waals surface area contributed by atoms with E-state index in [-0.39, 0.29) is 25.1 Å². The Morgan fingerprint density at radius 1 is 1.24 bits per heavy atom. The second kappa shape index (κ2) is 8.61. The molecule has 0 amide bonds. The molecule has 0 bridgehead atoms. The predicted octanol–water partition coefficient (Wildman–Crippen LogP) is 3.67. The molecule has 0 unspecified atom stereocenters. The van der Waals surface area contributed by atoms with E-state index in [0.717, 1.165) is 0 Å². The van der Waals surface area contributed by atoms with Gasteiger partial charge in [-0.2, -0.15) is 0 Å². The molecule has 1 aliphatic rings. The summed E-state index contributed by atoms with van der Waals surface area (Å²) in [6.45, 7) is 5.36. The van der Waals surface area contributed by atoms with Crippen molar-refractivity contribution in [1.82, 2.24) is 0 Å². The van der Waals surface area contributed by atoms with Crippen LogP contribution >= 0.6 is 7.60 Å². The molecule has 0 saturated carbocycles. The first-order valence-electron chi connectivity index (χ1n) is 8.32. The number of Topliss-reactive ketones (excluding diaryl/α,β-unsaturated/α-hetero) is 1. The molecule has 7 nitrogen and oxygen atoms in total. The smallest absolute Gasteiger partial charge is 0.364 e. The van der Waals surface area contributed by atoms with Crippen LogP contribution in [0.5, 0.6) is 0 Å². The molecule has 1 aliphatic carbocycles. The zero-order valence-corrected chi connectivity index (χ0v) is 15.5. The lowest BCUT2D eigenvalue weighted by atomic mass is 9.80. The van der Waals surface area contributed by atoms with Crippen LogP contribution in [0.4, 0.5) is 0 Å². The predicted molar refractivity (Wildman–Crippen MR) is 90.1 cm³/mol. The second-order valence-electron chi connectivity index (χ2n) is 5.37. The maximum absolute atomic E-state index is 13.0. The summed E-state index contributed by atoms with van der Waals surface area (Å²) in [5, 5.41) is -0.0861. The third kappa shape index (κ3) is 4.11. The highest BCUT2D eigenvalue weighted by Gasteiger charge is 2.48. The van der Waals surface area contributed by atoms with E-state index in [1.54, 1.807) is 32.9 Å². The quantitative estimate of drug-likeness (QED) is 0.392. The molecule has 2 rings (SSSR count). The number of ether oxygens (including phenoxy) is 1. The molecule has 0 N–H and O–H groups in total. The van der Waals surface area contributed by atoms with E-state index in [2.05, 4.69) is 0 Å². The first kappa shape index (κ1) is 19.6. The van der Waals surface area contributed by atoms with Gasteiger partial charge in [0.2, 0.25) is 0 Å². The second-order valence-corrected chi connectivity index (χ2v) is 7.37. The Hall–Kier alpha value is -1.69. The van der Waals surface area contributed by atoms with Crippen molar-refractivity contribution in [3.63, 3.8) is 0 Å². The molecule has 0 radical (unpaired) electrons. The Labute approximate surface area is 146 Å². The van der Waals surface area contributed by atoms with E-state index in [0.29, 0.717) is 12.2 Å². The fraction of sp³-hybridized carbons (Fsp3) is 0.529. The van der Waals surface area contributed by atoms with Gasteiger partial charge < -0.3 is 18.2 Å². The van der Waals surface area contributed by atoms with Crippen LogP contribution in [0.1, 0.15) is 38.9 Å². The fourth-order valence-corrected chi connectivity index (χ4v) is 4.64. The molecular formula is C17H23O7P. The Balaban J connectivity index is 2.43. The van der Waals surface area contributed by atoms with Crippen LogP contribution in [0.25, 0.3) is 0 Å². The molecule has 25 heavy (non-hydrogen) atoms. The van der Waals surface area contributed by atoms with E-state index >= 15 is 0 Å². The molecule has 2 atom stereocenters. The Morgan fingerprint density at radius 2 is 1.92 bits per heavy atom. The van der Waals surface area contributed by atoms with Crippen molar-refractivity contribution in [3.8, 4) is 0 Å². The minimum Gasteiger partial charge on any atom is -0.469 e. The molecule has 1 aromatic rings. The minimum absolute atomic E-state index is 0.0861. The SMILES string of the molecule is CCOC(=O)[C@@H]1C(=O)C(P(=O)(OCC)OCC)=CC[C@H]1c1ccco1. The largest absolute Gasteiger partial charge is 0.469 e. The van der Waals surface area contributed by atoms with E-state index < -0.39 is 31.2 Å². The standard InChI is InChI=1S/C17H23O7P/c1-4-21-17(19)15-12(13-8-7-11-22-13)9-10-14(16(15)18)25(20,23-5-2)24-6-3/h7-8,10-12,15H,4-6,9H2,1-3H3/t12-,15-/m0/s1. The van der Waals surface area contributed by atoms with Crippen molar-refractivity contribution in [2.45, 2.75) is 33.1 Å². The number of allylic oxidation sites excluding steroid dienone is 2. The molecule has 1 aromatic heterocycles. The number of furan rings is 1. The van der Waals surface area contributed by atoms with Crippen molar-refractivity contribution >= 4 is 19.3 Å². The molecule has 0 spiro atoms. The van der Waals surface area contributed by atoms with Crippen molar-refractivity contribution in [2.75, 3.05) is 19.8 Å². The van der Waals surface area contributed by atoms with Gasteiger partial charge in [0.1, 0.15) is 17.0 Å². The molecule has 138 valence electrons. The molecule has 1 heterocycles. The van der Waals surface area contributed by atoms with Gasteiger partial charge in [-0.05, 0) is 39.3 Å². The summed E-state index contributed by atoms with van der Waals surface area (Å²) in [6, 6.07) is 3.39. The van der Waals surface area contributed by atoms with Gasteiger partial charge in [0.25, 0.3) is 0 Å². The lowest BCUT2D eigenvalue weighted by Gasteiger charge is -2.29. The van der Waals surface area contributed by atoms with Gasteiger partial charge in [-0.15, -0.1) is 0 Å². The van der Waals surface area contributed by atoms with Crippen LogP contribution < -0.4 is 0 Å². The number of carbonyl (C=O) groups is 2. The summed E-state index contributed by atoms with van der Waals surface area (Å²) in [6.07, 6.45) is 3.30. The van der Waals surface area contributed by atoms with Crippen molar-refractivity contribution in [1.29, 1.82) is 0 Å². The molecule has 0 saturated heterocycles. The van der Waals surface area contributed by atoms with E-state index in [1.807, 2.05) is 0 Å². The fourth-order valence-electron chi connectivity index (χ4n) is 2.87. The first-order valence-corrected chi connectivity index (χ1v) is 9.86. The van der Waals surface area contributed by atoms with Crippen LogP contribution in [0.3, 0.4) is 0 Å². The van der Waals surface area contributed by atoms with Gasteiger partial charge in [0.15, 0.2) is 5.78 Å². The van der Waals surface area contributed by atoms with Gasteiger partial charge in [-0.25, -0.2) is 0 Å². The van der Waals surface area contributed by atoms with Gasteiger partial charge in [0.05, 0.1) is 26.1 Å². The van der Waals surface area contributed by atoms with Crippen LogP contribution in [0.2, 0.25) is 0 Å². The zero-order chi connectivity index (χ0) is 18.4. The maximum Gasteiger partial charge on any atom is 0.364 e. The number of hydrogen-bond donors (Lipinski definition) is 0. The summed E-state index contributed by atoms with van der Waals surface area (Å²) >= 11 is 0. The van der Waals surface area contributed by atoms with Crippen LogP contribution in [-0.4, -0.2) is 31.6 Å². The minimum atomic E-state index is -3.78. The number of rotatable bonds is 8. The van der Waals surface area contributed by atoms with E-state index in [1.165, 1.54) is 12.3 Å². The summed E-state index contributed by atoms with van der Waals surface area (Å²) < 4.78 is 33.9. The zero-order valence-electron chi connectivity index (χ0n) is 14.6. The number of esters is 1. The monoisotopic (exact) mass is 370 g/mol. The van der Waals surface area contributed by atoms with Crippen LogP contribution in [0.15, 0.2) is 34.2 Å². The lowest BCUT2D eigenvalue weighted by molar-refractivity contribution is -0.152. The molecule has 0 fully saturated rings. The van der Waals surface area contributed by atoms with Crippen molar-refractivity contribution < 1.29 is 32.4 Å². The summed E-state index contributed by atoms with van der Waals surface area (Å²) in [7, 11) is -3.78. The van der Waals surface area contributed by atoms with Gasteiger partial charge in [-0.3, -0.25) is 14.2 Å².